The van der Waals surface area contributed by atoms with Crippen molar-refractivity contribution < 1.29 is 14.7 Å². The van der Waals surface area contributed by atoms with Gasteiger partial charge in [0, 0.05) is 19.9 Å². The number of nitrogens with one attached hydrogen (secondary N) is 2. The van der Waals surface area contributed by atoms with Crippen molar-refractivity contribution in [2.75, 3.05) is 13.2 Å². The molecule has 1 rings (SSSR count). The van der Waals surface area contributed by atoms with Crippen LogP contribution in [0.15, 0.2) is 30.3 Å². The third kappa shape index (κ3) is 4.71. The van der Waals surface area contributed by atoms with Gasteiger partial charge in [-0.25, -0.2) is 0 Å². The second-order valence-electron chi connectivity index (χ2n) is 4.64. The van der Waals surface area contributed by atoms with Crippen LogP contribution in [-0.4, -0.2) is 30.1 Å². The first-order valence-electron chi connectivity index (χ1n) is 6.20. The van der Waals surface area contributed by atoms with Gasteiger partial charge in [0.05, 0.1) is 12.1 Å². The predicted octanol–water partition coefficient (Wildman–Crippen LogP) is 0.537. The van der Waals surface area contributed by atoms with Gasteiger partial charge in [0.25, 0.3) is 0 Å². The van der Waals surface area contributed by atoms with E-state index in [1.165, 1.54) is 6.92 Å². The second kappa shape index (κ2) is 6.89. The lowest BCUT2D eigenvalue weighted by Gasteiger charge is -2.29. The third-order valence-electron chi connectivity index (χ3n) is 2.87. The zero-order chi connectivity index (χ0) is 14.3. The van der Waals surface area contributed by atoms with Crippen LogP contribution in [0.2, 0.25) is 0 Å². The summed E-state index contributed by atoms with van der Waals surface area (Å²) in [6.07, 6.45) is 0.183. The van der Waals surface area contributed by atoms with E-state index in [9.17, 15) is 14.7 Å². The van der Waals surface area contributed by atoms with Crippen LogP contribution in [-0.2, 0) is 15.1 Å². The van der Waals surface area contributed by atoms with Crippen molar-refractivity contribution in [3.05, 3.63) is 35.9 Å². The molecule has 0 aliphatic rings. The van der Waals surface area contributed by atoms with Crippen LogP contribution in [0.4, 0.5) is 0 Å². The summed E-state index contributed by atoms with van der Waals surface area (Å²) in [6.45, 7) is 3.26. The van der Waals surface area contributed by atoms with Crippen LogP contribution >= 0.6 is 0 Å². The van der Waals surface area contributed by atoms with Gasteiger partial charge in [0.1, 0.15) is 0 Å². The maximum atomic E-state index is 11.8. The molecule has 1 atom stereocenters. The molecule has 0 aromatic heterocycles. The van der Waals surface area contributed by atoms with E-state index in [1.54, 1.807) is 6.92 Å². The number of benzene rings is 1. The number of hydrogen-bond donors (Lipinski definition) is 3. The van der Waals surface area contributed by atoms with Gasteiger partial charge in [-0.15, -0.1) is 0 Å². The summed E-state index contributed by atoms with van der Waals surface area (Å²) in [4.78, 5) is 22.5. The van der Waals surface area contributed by atoms with Crippen molar-refractivity contribution in [1.82, 2.24) is 10.6 Å². The Morgan fingerprint density at radius 2 is 1.89 bits per heavy atom. The molecule has 1 aromatic carbocycles. The number of amides is 2. The predicted molar refractivity (Wildman–Crippen MR) is 72.3 cm³/mol. The van der Waals surface area contributed by atoms with E-state index in [0.717, 1.165) is 5.56 Å². The van der Waals surface area contributed by atoms with Crippen LogP contribution in [0.25, 0.3) is 0 Å². The minimum atomic E-state index is -0.811. The zero-order valence-corrected chi connectivity index (χ0v) is 11.3. The molecule has 0 aliphatic carbocycles. The molecule has 2 amide bonds. The highest BCUT2D eigenvalue weighted by atomic mass is 16.3. The molecular formula is C14H20N2O3. The molecule has 3 N–H and O–H groups in total. The van der Waals surface area contributed by atoms with Crippen LogP contribution in [0.5, 0.6) is 0 Å². The van der Waals surface area contributed by atoms with Crippen molar-refractivity contribution in [3.63, 3.8) is 0 Å². The summed E-state index contributed by atoms with van der Waals surface area (Å²) in [6, 6.07) is 9.29. The maximum absolute atomic E-state index is 11.8. The van der Waals surface area contributed by atoms with Crippen LogP contribution < -0.4 is 10.6 Å². The number of carbonyl (C=O) groups is 2. The molecule has 1 unspecified atom stereocenters. The Labute approximate surface area is 113 Å². The van der Waals surface area contributed by atoms with Gasteiger partial charge in [-0.1, -0.05) is 30.3 Å². The number of carbonyl (C=O) groups excluding carboxylic acids is 2. The third-order valence-corrected chi connectivity index (χ3v) is 2.87. The zero-order valence-electron chi connectivity index (χ0n) is 11.3. The molecule has 0 saturated carbocycles. The lowest BCUT2D eigenvalue weighted by molar-refractivity contribution is -0.123. The molecular weight excluding hydrogens is 244 g/mol. The first-order valence-corrected chi connectivity index (χ1v) is 6.20. The minimum Gasteiger partial charge on any atom is -0.394 e. The smallest absolute Gasteiger partial charge is 0.222 e. The highest BCUT2D eigenvalue weighted by Gasteiger charge is 2.27. The van der Waals surface area contributed by atoms with Crippen molar-refractivity contribution in [3.8, 4) is 0 Å². The molecule has 104 valence electrons. The summed E-state index contributed by atoms with van der Waals surface area (Å²) in [5.74, 6) is -0.380. The van der Waals surface area contributed by atoms with Crippen LogP contribution in [0.1, 0.15) is 25.8 Å². The SMILES string of the molecule is CC(=O)NCCC(=O)NC(C)(CO)c1ccccc1. The molecule has 19 heavy (non-hydrogen) atoms. The van der Waals surface area contributed by atoms with E-state index in [4.69, 9.17) is 0 Å². The Kier molecular flexibility index (Phi) is 5.51. The Morgan fingerprint density at radius 1 is 1.26 bits per heavy atom. The Hall–Kier alpha value is -1.88. The van der Waals surface area contributed by atoms with Gasteiger partial charge in [0.2, 0.25) is 11.8 Å². The average molecular weight is 264 g/mol. The van der Waals surface area contributed by atoms with Crippen LogP contribution in [0, 0.1) is 0 Å². The Morgan fingerprint density at radius 3 is 2.42 bits per heavy atom. The lowest BCUT2D eigenvalue weighted by Crippen LogP contribution is -2.47. The monoisotopic (exact) mass is 264 g/mol. The molecule has 0 aliphatic heterocycles. The summed E-state index contributed by atoms with van der Waals surface area (Å²) in [7, 11) is 0. The van der Waals surface area contributed by atoms with Gasteiger partial charge in [-0.3, -0.25) is 9.59 Å². The minimum absolute atomic E-state index is 0.166. The van der Waals surface area contributed by atoms with E-state index in [2.05, 4.69) is 10.6 Å². The van der Waals surface area contributed by atoms with Gasteiger partial charge < -0.3 is 15.7 Å². The molecule has 0 fully saturated rings. The number of aliphatic hydroxyl groups is 1. The van der Waals surface area contributed by atoms with E-state index >= 15 is 0 Å². The molecule has 0 radical (unpaired) electrons. The number of rotatable bonds is 6. The Bertz CT molecular complexity index is 434. The molecule has 0 spiro atoms. The average Bonchev–Trinajstić information content (AvgIpc) is 2.39. The van der Waals surface area contributed by atoms with Gasteiger partial charge >= 0.3 is 0 Å². The van der Waals surface area contributed by atoms with Crippen molar-refractivity contribution in [2.24, 2.45) is 0 Å². The van der Waals surface area contributed by atoms with Crippen molar-refractivity contribution >= 4 is 11.8 Å². The van der Waals surface area contributed by atoms with E-state index in [0.29, 0.717) is 0 Å². The van der Waals surface area contributed by atoms with Crippen molar-refractivity contribution in [2.45, 2.75) is 25.8 Å². The van der Waals surface area contributed by atoms with Crippen molar-refractivity contribution in [1.29, 1.82) is 0 Å². The molecule has 5 heteroatoms. The van der Waals surface area contributed by atoms with Crippen LogP contribution in [0.3, 0.4) is 0 Å². The molecule has 1 aromatic rings. The Balaban J connectivity index is 2.61. The van der Waals surface area contributed by atoms with Gasteiger partial charge in [-0.2, -0.15) is 0 Å². The summed E-state index contributed by atoms with van der Waals surface area (Å²) >= 11 is 0. The van der Waals surface area contributed by atoms with Gasteiger partial charge in [-0.05, 0) is 12.5 Å². The second-order valence-corrected chi connectivity index (χ2v) is 4.64. The molecule has 0 bridgehead atoms. The standard InChI is InChI=1S/C14H20N2O3/c1-11(18)15-9-8-13(19)16-14(2,10-17)12-6-4-3-5-7-12/h3-7,17H,8-10H2,1-2H3,(H,15,18)(H,16,19). The topological polar surface area (TPSA) is 78.4 Å². The normalized spacial score (nSPS) is 13.4. The molecule has 5 nitrogen and oxygen atoms in total. The highest BCUT2D eigenvalue weighted by Crippen LogP contribution is 2.19. The van der Waals surface area contributed by atoms with E-state index < -0.39 is 5.54 Å². The fraction of sp³-hybridized carbons (Fsp3) is 0.429. The van der Waals surface area contributed by atoms with Gasteiger partial charge in [0.15, 0.2) is 0 Å². The largest absolute Gasteiger partial charge is 0.394 e. The maximum Gasteiger partial charge on any atom is 0.222 e. The fourth-order valence-electron chi connectivity index (χ4n) is 1.73. The van der Waals surface area contributed by atoms with E-state index in [1.807, 2.05) is 30.3 Å². The first-order chi connectivity index (χ1) is 8.98. The molecule has 0 saturated heterocycles. The lowest BCUT2D eigenvalue weighted by atomic mass is 9.93. The first kappa shape index (κ1) is 15.2. The fourth-order valence-corrected chi connectivity index (χ4v) is 1.73. The highest BCUT2D eigenvalue weighted by molar-refractivity contribution is 5.78. The van der Waals surface area contributed by atoms with E-state index in [-0.39, 0.29) is 31.4 Å². The molecule has 0 heterocycles. The number of aliphatic hydroxyl groups excluding tert-OH is 1. The summed E-state index contributed by atoms with van der Waals surface area (Å²) in [5, 5.41) is 14.9. The summed E-state index contributed by atoms with van der Waals surface area (Å²) in [5.41, 5.74) is 0.0274. The number of hydrogen-bond acceptors (Lipinski definition) is 3. The quantitative estimate of drug-likeness (QED) is 0.701. The summed E-state index contributed by atoms with van der Waals surface area (Å²) < 4.78 is 0.